The van der Waals surface area contributed by atoms with Crippen LogP contribution in [0.1, 0.15) is 27.8 Å². The van der Waals surface area contributed by atoms with Gasteiger partial charge in [0.25, 0.3) is 0 Å². The van der Waals surface area contributed by atoms with Gasteiger partial charge in [0.1, 0.15) is 48.8 Å². The zero-order chi connectivity index (χ0) is 40.9. The number of fused-ring (bicyclic) bond motifs is 1. The summed E-state index contributed by atoms with van der Waals surface area (Å²) >= 11 is 0. The summed E-state index contributed by atoms with van der Waals surface area (Å²) in [6.07, 6.45) is -8.05. The molecule has 11 unspecified atom stereocenters. The Kier molecular flexibility index (Phi) is 15.1. The van der Waals surface area contributed by atoms with Crippen molar-refractivity contribution in [3.8, 4) is 0 Å². The second-order valence-corrected chi connectivity index (χ2v) is 15.1. The highest BCUT2D eigenvalue weighted by Gasteiger charge is 2.59. The number of rotatable bonds is 19. The maximum absolute atomic E-state index is 6.96. The Labute approximate surface area is 352 Å². The molecule has 3 aliphatic rings. The van der Waals surface area contributed by atoms with Crippen molar-refractivity contribution in [2.45, 2.75) is 101 Å². The molecule has 11 nitrogen and oxygen atoms in total. The Morgan fingerprint density at radius 2 is 0.767 bits per heavy atom. The number of ether oxygens (including phenoxy) is 11. The number of methoxy groups -OCH3 is 2. The molecular formula is C49H54O11. The number of benzene rings is 5. The van der Waals surface area contributed by atoms with E-state index in [2.05, 4.69) is 0 Å². The third-order valence-corrected chi connectivity index (χ3v) is 11.0. The Morgan fingerprint density at radius 1 is 0.367 bits per heavy atom. The van der Waals surface area contributed by atoms with E-state index in [0.717, 1.165) is 27.8 Å². The van der Waals surface area contributed by atoms with Crippen molar-refractivity contribution in [2.75, 3.05) is 20.8 Å². The van der Waals surface area contributed by atoms with E-state index in [1.165, 1.54) is 0 Å². The molecule has 0 radical (unpaired) electrons. The van der Waals surface area contributed by atoms with Crippen LogP contribution in [0.3, 0.4) is 0 Å². The third kappa shape index (κ3) is 10.7. The van der Waals surface area contributed by atoms with Crippen LogP contribution in [0.25, 0.3) is 0 Å². The van der Waals surface area contributed by atoms with Gasteiger partial charge in [-0.05, 0) is 27.8 Å². The molecule has 0 amide bonds. The van der Waals surface area contributed by atoms with Gasteiger partial charge in [-0.2, -0.15) is 0 Å². The predicted molar refractivity (Wildman–Crippen MR) is 221 cm³/mol. The fourth-order valence-electron chi connectivity index (χ4n) is 7.93. The average Bonchev–Trinajstić information content (AvgIpc) is 3.76. The standard InChI is InChI=1S/C49H54O11/c1-50-47-44(56-32-38-26-16-7-17-27-38)41(54-30-36-22-12-5-13-23-36)42(55-31-37-24-14-6-15-25-37)45(59-47)49-58-43-40(53-29-35-20-10-4-11-21-35)39(57-48(51-2)46(43)60-49)33-52-28-34-18-8-3-9-19-34/h3-27,39-49H,28-33H2,1-2H3. The minimum Gasteiger partial charge on any atom is -0.374 e. The molecular weight excluding hydrogens is 765 g/mol. The summed E-state index contributed by atoms with van der Waals surface area (Å²) in [7, 11) is 3.19. The van der Waals surface area contributed by atoms with E-state index in [1.54, 1.807) is 14.2 Å². The first-order valence-electron chi connectivity index (χ1n) is 20.6. The van der Waals surface area contributed by atoms with Crippen LogP contribution in [0.5, 0.6) is 0 Å². The van der Waals surface area contributed by atoms with Crippen molar-refractivity contribution >= 4 is 0 Å². The van der Waals surface area contributed by atoms with Gasteiger partial charge in [0, 0.05) is 14.2 Å². The maximum Gasteiger partial charge on any atom is 0.187 e. The monoisotopic (exact) mass is 818 g/mol. The van der Waals surface area contributed by atoms with Crippen LogP contribution in [0.2, 0.25) is 0 Å². The van der Waals surface area contributed by atoms with Crippen LogP contribution >= 0.6 is 0 Å². The van der Waals surface area contributed by atoms with Crippen molar-refractivity contribution in [2.24, 2.45) is 0 Å². The van der Waals surface area contributed by atoms with Crippen LogP contribution in [-0.2, 0) is 85.1 Å². The van der Waals surface area contributed by atoms with Crippen molar-refractivity contribution in [1.29, 1.82) is 0 Å². The molecule has 11 heteroatoms. The van der Waals surface area contributed by atoms with Crippen LogP contribution in [0, 0.1) is 0 Å². The Bertz CT molecular complexity index is 1960. The van der Waals surface area contributed by atoms with Gasteiger partial charge in [-0.1, -0.05) is 152 Å². The lowest BCUT2D eigenvalue weighted by atomic mass is 9.97. The third-order valence-electron chi connectivity index (χ3n) is 11.0. The summed E-state index contributed by atoms with van der Waals surface area (Å²) in [4.78, 5) is 0. The Balaban J connectivity index is 1.09. The van der Waals surface area contributed by atoms with Gasteiger partial charge < -0.3 is 52.1 Å². The van der Waals surface area contributed by atoms with Gasteiger partial charge in [-0.3, -0.25) is 0 Å². The molecule has 60 heavy (non-hydrogen) atoms. The van der Waals surface area contributed by atoms with E-state index in [4.69, 9.17) is 52.1 Å². The van der Waals surface area contributed by atoms with Crippen molar-refractivity contribution in [3.63, 3.8) is 0 Å². The van der Waals surface area contributed by atoms with Crippen molar-refractivity contribution < 1.29 is 52.1 Å². The summed E-state index contributed by atoms with van der Waals surface area (Å²) in [5.41, 5.74) is 5.04. The lowest BCUT2D eigenvalue weighted by molar-refractivity contribution is -0.346. The average molecular weight is 819 g/mol. The number of hydrogen-bond acceptors (Lipinski definition) is 11. The topological polar surface area (TPSA) is 102 Å². The van der Waals surface area contributed by atoms with Crippen LogP contribution in [0.15, 0.2) is 152 Å². The number of hydrogen-bond donors (Lipinski definition) is 0. The first-order chi connectivity index (χ1) is 29.7. The molecule has 5 aromatic carbocycles. The minimum atomic E-state index is -0.968. The summed E-state index contributed by atoms with van der Waals surface area (Å²) in [5.74, 6) is 0. The molecule has 3 heterocycles. The van der Waals surface area contributed by atoms with Gasteiger partial charge in [0.15, 0.2) is 18.9 Å². The van der Waals surface area contributed by atoms with E-state index in [9.17, 15) is 0 Å². The fraction of sp³-hybridized carbons (Fsp3) is 0.388. The molecule has 5 aromatic rings. The van der Waals surface area contributed by atoms with Gasteiger partial charge in [-0.25, -0.2) is 0 Å². The first-order valence-corrected chi connectivity index (χ1v) is 20.6. The summed E-state index contributed by atoms with van der Waals surface area (Å²) in [6, 6.07) is 50.0. The normalized spacial score (nSPS) is 28.9. The van der Waals surface area contributed by atoms with Crippen molar-refractivity contribution in [1.82, 2.24) is 0 Å². The molecule has 8 rings (SSSR count). The zero-order valence-electron chi connectivity index (χ0n) is 34.0. The smallest absolute Gasteiger partial charge is 0.187 e. The van der Waals surface area contributed by atoms with E-state index in [0.29, 0.717) is 26.4 Å². The van der Waals surface area contributed by atoms with Gasteiger partial charge in [0.05, 0.1) is 39.6 Å². The Hall–Kier alpha value is -4.34. The summed E-state index contributed by atoms with van der Waals surface area (Å²) in [6.45, 7) is 1.83. The highest BCUT2D eigenvalue weighted by Crippen LogP contribution is 2.41. The van der Waals surface area contributed by atoms with Gasteiger partial charge in [0.2, 0.25) is 0 Å². The van der Waals surface area contributed by atoms with E-state index in [1.807, 2.05) is 152 Å². The van der Waals surface area contributed by atoms with E-state index in [-0.39, 0.29) is 13.2 Å². The lowest BCUT2D eigenvalue weighted by Crippen LogP contribution is -2.63. The summed E-state index contributed by atoms with van der Waals surface area (Å²) < 4.78 is 72.5. The molecule has 316 valence electrons. The second kappa shape index (κ2) is 21.4. The predicted octanol–water partition coefficient (Wildman–Crippen LogP) is 7.40. The molecule has 3 fully saturated rings. The molecule has 3 saturated heterocycles. The maximum atomic E-state index is 6.96. The largest absolute Gasteiger partial charge is 0.374 e. The molecule has 0 bridgehead atoms. The van der Waals surface area contributed by atoms with Crippen LogP contribution in [0.4, 0.5) is 0 Å². The SMILES string of the molecule is COC1OC(COCc2ccccc2)C(OCc2ccccc2)C2OC(C3OC(OC)C(OCc4ccccc4)C(OCc4ccccc4)C3OCc3ccccc3)OC12. The van der Waals surface area contributed by atoms with Crippen LogP contribution < -0.4 is 0 Å². The fourth-order valence-corrected chi connectivity index (χ4v) is 7.93. The molecule has 0 aliphatic carbocycles. The van der Waals surface area contributed by atoms with Gasteiger partial charge >= 0.3 is 0 Å². The second-order valence-electron chi connectivity index (χ2n) is 15.1. The quantitative estimate of drug-likeness (QED) is 0.0834. The Morgan fingerprint density at radius 3 is 1.23 bits per heavy atom. The summed E-state index contributed by atoms with van der Waals surface area (Å²) in [5, 5.41) is 0. The lowest BCUT2D eigenvalue weighted by Gasteiger charge is -2.46. The minimum absolute atomic E-state index is 0.232. The zero-order valence-corrected chi connectivity index (χ0v) is 34.0. The molecule has 0 aromatic heterocycles. The highest BCUT2D eigenvalue weighted by molar-refractivity contribution is 5.17. The van der Waals surface area contributed by atoms with Crippen LogP contribution in [-0.4, -0.2) is 88.5 Å². The van der Waals surface area contributed by atoms with E-state index < -0.39 is 67.7 Å². The van der Waals surface area contributed by atoms with E-state index >= 15 is 0 Å². The van der Waals surface area contributed by atoms with Crippen molar-refractivity contribution in [3.05, 3.63) is 179 Å². The molecule has 0 saturated carbocycles. The molecule has 3 aliphatic heterocycles. The highest BCUT2D eigenvalue weighted by atomic mass is 16.8. The first kappa shape index (κ1) is 42.4. The van der Waals surface area contributed by atoms with Gasteiger partial charge in [-0.15, -0.1) is 0 Å². The molecule has 0 N–H and O–H groups in total. The molecule has 11 atom stereocenters. The molecule has 0 spiro atoms.